The summed E-state index contributed by atoms with van der Waals surface area (Å²) in [6.45, 7) is 0.235. The molecule has 0 fully saturated rings. The van der Waals surface area contributed by atoms with Crippen LogP contribution in [-0.4, -0.2) is 20.6 Å². The summed E-state index contributed by atoms with van der Waals surface area (Å²) >= 11 is 0. The minimum absolute atomic E-state index is 0.175. The number of halogens is 2. The summed E-state index contributed by atoms with van der Waals surface area (Å²) in [5, 5.41) is 0. The quantitative estimate of drug-likeness (QED) is 0.846. The molecule has 0 heterocycles. The van der Waals surface area contributed by atoms with E-state index >= 15 is 0 Å². The van der Waals surface area contributed by atoms with Gasteiger partial charge in [0.2, 0.25) is 0 Å². The maximum Gasteiger partial charge on any atom is 0.257 e. The fourth-order valence-corrected chi connectivity index (χ4v) is 2.13. The first-order valence-electron chi connectivity index (χ1n) is 7.03. The second-order valence-corrected chi connectivity index (χ2v) is 4.88. The molecule has 2 aromatic rings. The molecule has 0 saturated carbocycles. The van der Waals surface area contributed by atoms with Crippen LogP contribution in [0.5, 0.6) is 17.2 Å². The molecule has 0 spiro atoms. The molecule has 2 N–H and O–H groups in total. The van der Waals surface area contributed by atoms with Crippen LogP contribution in [0.2, 0.25) is 0 Å². The average molecular weight is 323 g/mol. The highest BCUT2D eigenvalue weighted by Crippen LogP contribution is 2.38. The normalized spacial score (nSPS) is 12.1. The molecule has 2 aromatic carbocycles. The Hall–Kier alpha value is -2.34. The lowest BCUT2D eigenvalue weighted by Gasteiger charge is -2.19. The molecular weight excluding hydrogens is 304 g/mol. The van der Waals surface area contributed by atoms with Gasteiger partial charge in [-0.3, -0.25) is 0 Å². The highest BCUT2D eigenvalue weighted by Gasteiger charge is 2.24. The SMILES string of the molecule is COc1cc(OCc2ccccc2)c([C@@H](N)C(F)F)cc1OC. The fourth-order valence-electron chi connectivity index (χ4n) is 2.13. The average Bonchev–Trinajstić information content (AvgIpc) is 2.59. The van der Waals surface area contributed by atoms with Gasteiger partial charge in [-0.25, -0.2) is 8.78 Å². The maximum atomic E-state index is 13.0. The Labute approximate surface area is 133 Å². The van der Waals surface area contributed by atoms with E-state index in [-0.39, 0.29) is 17.9 Å². The number of hydrogen-bond donors (Lipinski definition) is 1. The molecule has 0 aromatic heterocycles. The van der Waals surface area contributed by atoms with Gasteiger partial charge in [0.15, 0.2) is 11.5 Å². The van der Waals surface area contributed by atoms with Gasteiger partial charge in [-0.05, 0) is 11.6 Å². The summed E-state index contributed by atoms with van der Waals surface area (Å²) in [7, 11) is 2.89. The van der Waals surface area contributed by atoms with Gasteiger partial charge in [0.25, 0.3) is 6.43 Å². The number of ether oxygens (including phenoxy) is 3. The van der Waals surface area contributed by atoms with Gasteiger partial charge in [-0.15, -0.1) is 0 Å². The van der Waals surface area contributed by atoms with Gasteiger partial charge in [0.1, 0.15) is 12.4 Å². The van der Waals surface area contributed by atoms with Gasteiger partial charge >= 0.3 is 0 Å². The molecular formula is C17H19F2NO3. The number of nitrogens with two attached hydrogens (primary N) is 1. The van der Waals surface area contributed by atoms with E-state index in [4.69, 9.17) is 19.9 Å². The second kappa shape index (κ2) is 7.78. The standard InChI is InChI=1S/C17H19F2NO3/c1-21-14-8-12(16(20)17(18)19)13(9-15(14)22-2)23-10-11-6-4-3-5-7-11/h3-9,16-17H,10,20H2,1-2H3/t16-/m1/s1. The van der Waals surface area contributed by atoms with Crippen LogP contribution in [0.4, 0.5) is 8.78 Å². The first-order chi connectivity index (χ1) is 11.1. The molecule has 4 nitrogen and oxygen atoms in total. The second-order valence-electron chi connectivity index (χ2n) is 4.88. The molecule has 0 aliphatic rings. The Morgan fingerprint density at radius 2 is 1.57 bits per heavy atom. The number of alkyl halides is 2. The number of methoxy groups -OCH3 is 2. The third-order valence-corrected chi connectivity index (χ3v) is 3.38. The Bertz CT molecular complexity index is 635. The zero-order valence-electron chi connectivity index (χ0n) is 13.0. The molecule has 124 valence electrons. The lowest BCUT2D eigenvalue weighted by molar-refractivity contribution is 0.114. The van der Waals surface area contributed by atoms with E-state index in [1.54, 1.807) is 0 Å². The predicted octanol–water partition coefficient (Wildman–Crippen LogP) is 3.55. The Kier molecular flexibility index (Phi) is 5.76. The highest BCUT2D eigenvalue weighted by molar-refractivity contribution is 5.52. The van der Waals surface area contributed by atoms with E-state index in [1.165, 1.54) is 26.4 Å². The van der Waals surface area contributed by atoms with Crippen LogP contribution in [-0.2, 0) is 6.61 Å². The minimum Gasteiger partial charge on any atom is -0.493 e. The smallest absolute Gasteiger partial charge is 0.257 e. The van der Waals surface area contributed by atoms with Crippen LogP contribution >= 0.6 is 0 Å². The largest absolute Gasteiger partial charge is 0.493 e. The van der Waals surface area contributed by atoms with Crippen molar-refractivity contribution >= 4 is 0 Å². The van der Waals surface area contributed by atoms with Crippen molar-refractivity contribution in [2.24, 2.45) is 5.73 Å². The lowest BCUT2D eigenvalue weighted by Crippen LogP contribution is -2.20. The lowest BCUT2D eigenvalue weighted by atomic mass is 10.1. The van der Waals surface area contributed by atoms with Crippen LogP contribution < -0.4 is 19.9 Å². The summed E-state index contributed by atoms with van der Waals surface area (Å²) in [5.74, 6) is 0.964. The van der Waals surface area contributed by atoms with Crippen molar-refractivity contribution in [3.05, 3.63) is 53.6 Å². The van der Waals surface area contributed by atoms with Crippen molar-refractivity contribution in [2.75, 3.05) is 14.2 Å². The van der Waals surface area contributed by atoms with Crippen LogP contribution in [0, 0.1) is 0 Å². The molecule has 2 rings (SSSR count). The van der Waals surface area contributed by atoms with E-state index in [9.17, 15) is 8.78 Å². The van der Waals surface area contributed by atoms with Crippen molar-refractivity contribution in [3.63, 3.8) is 0 Å². The van der Waals surface area contributed by atoms with Crippen molar-refractivity contribution in [1.29, 1.82) is 0 Å². The predicted molar refractivity (Wildman–Crippen MR) is 83.3 cm³/mol. The van der Waals surface area contributed by atoms with Crippen LogP contribution in [0.25, 0.3) is 0 Å². The van der Waals surface area contributed by atoms with Crippen LogP contribution in [0.1, 0.15) is 17.2 Å². The van der Waals surface area contributed by atoms with Gasteiger partial charge in [0, 0.05) is 11.6 Å². The molecule has 0 bridgehead atoms. The van der Waals surface area contributed by atoms with Gasteiger partial charge in [-0.1, -0.05) is 30.3 Å². The molecule has 23 heavy (non-hydrogen) atoms. The summed E-state index contributed by atoms with van der Waals surface area (Å²) < 4.78 is 42.1. The summed E-state index contributed by atoms with van der Waals surface area (Å²) in [5.41, 5.74) is 6.69. The topological polar surface area (TPSA) is 53.7 Å². The van der Waals surface area contributed by atoms with Crippen molar-refractivity contribution in [1.82, 2.24) is 0 Å². The van der Waals surface area contributed by atoms with E-state index in [1.807, 2.05) is 30.3 Å². The first-order valence-corrected chi connectivity index (χ1v) is 7.03. The summed E-state index contributed by atoms with van der Waals surface area (Å²) in [6, 6.07) is 10.9. The van der Waals surface area contributed by atoms with E-state index < -0.39 is 12.5 Å². The maximum absolute atomic E-state index is 13.0. The Morgan fingerprint density at radius 3 is 2.13 bits per heavy atom. The third kappa shape index (κ3) is 4.10. The Balaban J connectivity index is 2.34. The third-order valence-electron chi connectivity index (χ3n) is 3.38. The zero-order valence-corrected chi connectivity index (χ0v) is 13.0. The highest BCUT2D eigenvalue weighted by atomic mass is 19.3. The van der Waals surface area contributed by atoms with Crippen LogP contribution in [0.15, 0.2) is 42.5 Å². The number of benzene rings is 2. The summed E-state index contributed by atoms with van der Waals surface area (Å²) in [6.07, 6.45) is -2.72. The molecule has 0 unspecified atom stereocenters. The fraction of sp³-hybridized carbons (Fsp3) is 0.294. The van der Waals surface area contributed by atoms with Crippen molar-refractivity contribution in [3.8, 4) is 17.2 Å². The summed E-state index contributed by atoms with van der Waals surface area (Å²) in [4.78, 5) is 0. The van der Waals surface area contributed by atoms with Crippen LogP contribution in [0.3, 0.4) is 0 Å². The molecule has 0 saturated heterocycles. The molecule has 0 amide bonds. The monoisotopic (exact) mass is 323 g/mol. The van der Waals surface area contributed by atoms with E-state index in [0.29, 0.717) is 11.5 Å². The van der Waals surface area contributed by atoms with Crippen molar-refractivity contribution in [2.45, 2.75) is 19.1 Å². The molecule has 0 aliphatic carbocycles. The van der Waals surface area contributed by atoms with Crippen molar-refractivity contribution < 1.29 is 23.0 Å². The van der Waals surface area contributed by atoms with Gasteiger partial charge < -0.3 is 19.9 Å². The van der Waals surface area contributed by atoms with E-state index in [0.717, 1.165) is 5.56 Å². The molecule has 0 radical (unpaired) electrons. The Morgan fingerprint density at radius 1 is 0.957 bits per heavy atom. The van der Waals surface area contributed by atoms with E-state index in [2.05, 4.69) is 0 Å². The van der Waals surface area contributed by atoms with Gasteiger partial charge in [-0.2, -0.15) is 0 Å². The molecule has 6 heteroatoms. The van der Waals surface area contributed by atoms with Gasteiger partial charge in [0.05, 0.1) is 20.3 Å². The number of hydrogen-bond acceptors (Lipinski definition) is 4. The number of rotatable bonds is 7. The first kappa shape index (κ1) is 17.0. The zero-order chi connectivity index (χ0) is 16.8. The molecule has 0 aliphatic heterocycles. The molecule has 1 atom stereocenters. The minimum atomic E-state index is -2.72.